The Bertz CT molecular complexity index is 347. The van der Waals surface area contributed by atoms with E-state index in [2.05, 4.69) is 0 Å². The van der Waals surface area contributed by atoms with Crippen molar-refractivity contribution in [3.8, 4) is 0 Å². The molecule has 1 heterocycles. The molecule has 0 aromatic rings. The number of hydrogen-bond donors (Lipinski definition) is 1. The van der Waals surface area contributed by atoms with Crippen LogP contribution in [0.1, 0.15) is 34.1 Å². The Hall–Kier alpha value is -1.10. The second-order valence-corrected chi connectivity index (χ2v) is 5.61. The van der Waals surface area contributed by atoms with Gasteiger partial charge in [-0.15, -0.1) is 0 Å². The van der Waals surface area contributed by atoms with E-state index in [9.17, 15) is 9.18 Å². The van der Waals surface area contributed by atoms with Crippen molar-refractivity contribution in [1.82, 2.24) is 4.90 Å². The van der Waals surface area contributed by atoms with Gasteiger partial charge in [0.05, 0.1) is 13.2 Å². The zero-order valence-corrected chi connectivity index (χ0v) is 11.5. The largest absolute Gasteiger partial charge is 0.444 e. The number of ether oxygens (including phenoxy) is 1. The average Bonchev–Trinajstić information content (AvgIpc) is 2.25. The first-order chi connectivity index (χ1) is 8.24. The molecule has 5 heteroatoms. The van der Waals surface area contributed by atoms with Crippen molar-refractivity contribution < 1.29 is 19.0 Å². The van der Waals surface area contributed by atoms with Gasteiger partial charge in [0, 0.05) is 6.54 Å². The molecule has 0 aliphatic carbocycles. The van der Waals surface area contributed by atoms with Crippen molar-refractivity contribution in [3.63, 3.8) is 0 Å². The van der Waals surface area contributed by atoms with Gasteiger partial charge in [-0.1, -0.05) is 0 Å². The third-order valence-electron chi connectivity index (χ3n) is 2.85. The summed E-state index contributed by atoms with van der Waals surface area (Å²) in [5.74, 6) is 0. The Morgan fingerprint density at radius 1 is 1.56 bits per heavy atom. The number of rotatable bonds is 1. The number of amides is 1. The van der Waals surface area contributed by atoms with Gasteiger partial charge in [-0.25, -0.2) is 9.18 Å². The Morgan fingerprint density at radius 2 is 2.17 bits per heavy atom. The molecule has 0 spiro atoms. The zero-order valence-electron chi connectivity index (χ0n) is 11.5. The zero-order chi connectivity index (χ0) is 13.9. The molecule has 0 aromatic carbocycles. The maximum Gasteiger partial charge on any atom is 0.410 e. The number of nitrogens with zero attached hydrogens (tertiary/aromatic N) is 1. The number of likely N-dealkylation sites (tertiary alicyclic amines) is 1. The smallest absolute Gasteiger partial charge is 0.410 e. The molecule has 1 amide bonds. The summed E-state index contributed by atoms with van der Waals surface area (Å²) in [5, 5.41) is 9.00. The predicted molar refractivity (Wildman–Crippen MR) is 67.1 cm³/mol. The molecule has 0 radical (unpaired) electrons. The molecule has 1 unspecified atom stereocenters. The minimum Gasteiger partial charge on any atom is -0.444 e. The SMILES string of the molecule is C/C(CO)=C1/CCN(C(=O)OC(C)(C)C)CC1F. The summed E-state index contributed by atoms with van der Waals surface area (Å²) < 4.78 is 19.1. The second-order valence-electron chi connectivity index (χ2n) is 5.61. The molecular formula is C13H22FNO3. The van der Waals surface area contributed by atoms with Gasteiger partial charge in [0.1, 0.15) is 11.8 Å². The number of piperidine rings is 1. The number of carbonyl (C=O) groups excluding carboxylic acids is 1. The lowest BCUT2D eigenvalue weighted by Crippen LogP contribution is -2.44. The first-order valence-electron chi connectivity index (χ1n) is 6.16. The molecule has 1 aliphatic heterocycles. The molecule has 1 saturated heterocycles. The number of aliphatic hydroxyl groups excluding tert-OH is 1. The van der Waals surface area contributed by atoms with Gasteiger partial charge in [0.2, 0.25) is 0 Å². The molecule has 0 aromatic heterocycles. The number of alkyl halides is 1. The van der Waals surface area contributed by atoms with Gasteiger partial charge in [-0.3, -0.25) is 0 Å². The van der Waals surface area contributed by atoms with E-state index in [1.165, 1.54) is 4.90 Å². The standard InChI is InChI=1S/C13H22FNO3/c1-9(8-16)10-5-6-15(7-11(10)14)12(17)18-13(2,3)4/h11,16H,5-8H2,1-4H3/b10-9+. The molecule has 0 saturated carbocycles. The molecule has 4 nitrogen and oxygen atoms in total. The van der Waals surface area contributed by atoms with Crippen LogP contribution in [0.2, 0.25) is 0 Å². The highest BCUT2D eigenvalue weighted by Gasteiger charge is 2.30. The van der Waals surface area contributed by atoms with Gasteiger partial charge in [0.15, 0.2) is 0 Å². The fourth-order valence-electron chi connectivity index (χ4n) is 1.88. The van der Waals surface area contributed by atoms with Crippen molar-refractivity contribution in [2.75, 3.05) is 19.7 Å². The minimum absolute atomic E-state index is 0.00157. The Kier molecular flexibility index (Phi) is 4.73. The van der Waals surface area contributed by atoms with Crippen molar-refractivity contribution >= 4 is 6.09 Å². The van der Waals surface area contributed by atoms with Crippen LogP contribution in [0.15, 0.2) is 11.1 Å². The lowest BCUT2D eigenvalue weighted by Gasteiger charge is -2.33. The van der Waals surface area contributed by atoms with E-state index in [1.54, 1.807) is 27.7 Å². The van der Waals surface area contributed by atoms with Crippen LogP contribution in [-0.2, 0) is 4.74 Å². The minimum atomic E-state index is -1.21. The molecular weight excluding hydrogens is 237 g/mol. The van der Waals surface area contributed by atoms with Crippen LogP contribution in [0.25, 0.3) is 0 Å². The molecule has 1 aliphatic rings. The Labute approximate surface area is 107 Å². The first-order valence-corrected chi connectivity index (χ1v) is 6.16. The molecule has 18 heavy (non-hydrogen) atoms. The molecule has 0 bridgehead atoms. The van der Waals surface area contributed by atoms with E-state index >= 15 is 0 Å². The van der Waals surface area contributed by atoms with E-state index < -0.39 is 17.9 Å². The Morgan fingerprint density at radius 3 is 2.61 bits per heavy atom. The highest BCUT2D eigenvalue weighted by atomic mass is 19.1. The van der Waals surface area contributed by atoms with Crippen molar-refractivity contribution in [3.05, 3.63) is 11.1 Å². The molecule has 1 rings (SSSR count). The van der Waals surface area contributed by atoms with Gasteiger partial charge in [0.25, 0.3) is 0 Å². The number of halogens is 1. The fourth-order valence-corrected chi connectivity index (χ4v) is 1.88. The first kappa shape index (κ1) is 15.0. The maximum atomic E-state index is 13.9. The van der Waals surface area contributed by atoms with Crippen LogP contribution in [-0.4, -0.2) is 47.6 Å². The lowest BCUT2D eigenvalue weighted by atomic mass is 9.97. The summed E-state index contributed by atoms with van der Waals surface area (Å²) in [5.41, 5.74) is 0.698. The van der Waals surface area contributed by atoms with E-state index in [-0.39, 0.29) is 13.2 Å². The molecule has 1 fully saturated rings. The molecule has 104 valence electrons. The summed E-state index contributed by atoms with van der Waals surface area (Å²) in [6.07, 6.45) is -1.24. The summed E-state index contributed by atoms with van der Waals surface area (Å²) in [7, 11) is 0. The average molecular weight is 259 g/mol. The fraction of sp³-hybridized carbons (Fsp3) is 0.769. The van der Waals surface area contributed by atoms with Gasteiger partial charge < -0.3 is 14.7 Å². The highest BCUT2D eigenvalue weighted by molar-refractivity contribution is 5.68. The third-order valence-corrected chi connectivity index (χ3v) is 2.85. The van der Waals surface area contributed by atoms with Crippen LogP contribution in [0.4, 0.5) is 9.18 Å². The van der Waals surface area contributed by atoms with Gasteiger partial charge >= 0.3 is 6.09 Å². The van der Waals surface area contributed by atoms with E-state index in [0.717, 1.165) is 0 Å². The summed E-state index contributed by atoms with van der Waals surface area (Å²) in [4.78, 5) is 13.2. The maximum absolute atomic E-state index is 13.9. The van der Waals surface area contributed by atoms with Crippen LogP contribution >= 0.6 is 0 Å². The summed E-state index contributed by atoms with van der Waals surface area (Å²) in [6.45, 7) is 7.35. The number of carbonyl (C=O) groups is 1. The summed E-state index contributed by atoms with van der Waals surface area (Å²) >= 11 is 0. The number of aliphatic hydroxyl groups is 1. The van der Waals surface area contributed by atoms with Gasteiger partial charge in [-0.05, 0) is 45.3 Å². The molecule has 1 atom stereocenters. The topological polar surface area (TPSA) is 49.8 Å². The van der Waals surface area contributed by atoms with Crippen molar-refractivity contribution in [1.29, 1.82) is 0 Å². The van der Waals surface area contributed by atoms with Crippen molar-refractivity contribution in [2.45, 2.75) is 45.9 Å². The van der Waals surface area contributed by atoms with E-state index in [1.807, 2.05) is 0 Å². The van der Waals surface area contributed by atoms with E-state index in [0.29, 0.717) is 24.1 Å². The number of hydrogen-bond acceptors (Lipinski definition) is 3. The van der Waals surface area contributed by atoms with Crippen LogP contribution in [0.5, 0.6) is 0 Å². The van der Waals surface area contributed by atoms with Crippen LogP contribution in [0, 0.1) is 0 Å². The van der Waals surface area contributed by atoms with Crippen LogP contribution in [0.3, 0.4) is 0 Å². The lowest BCUT2D eigenvalue weighted by molar-refractivity contribution is 0.0183. The Balaban J connectivity index is 2.64. The predicted octanol–water partition coefficient (Wildman–Crippen LogP) is 2.27. The summed E-state index contributed by atoms with van der Waals surface area (Å²) in [6, 6.07) is 0. The van der Waals surface area contributed by atoms with Crippen molar-refractivity contribution in [2.24, 2.45) is 0 Å². The quantitative estimate of drug-likeness (QED) is 0.735. The third kappa shape index (κ3) is 3.98. The monoisotopic (exact) mass is 259 g/mol. The van der Waals surface area contributed by atoms with Crippen LogP contribution < -0.4 is 0 Å². The van der Waals surface area contributed by atoms with E-state index in [4.69, 9.17) is 9.84 Å². The normalized spacial score (nSPS) is 23.9. The highest BCUT2D eigenvalue weighted by Crippen LogP contribution is 2.24. The second kappa shape index (κ2) is 5.69. The molecule has 1 N–H and O–H groups in total. The van der Waals surface area contributed by atoms with Gasteiger partial charge in [-0.2, -0.15) is 0 Å².